The molecule has 4 nitrogen and oxygen atoms in total. The first-order valence-corrected chi connectivity index (χ1v) is 6.69. The molecule has 0 radical (unpaired) electrons. The van der Waals surface area contributed by atoms with Crippen molar-refractivity contribution in [2.75, 3.05) is 7.11 Å². The summed E-state index contributed by atoms with van der Waals surface area (Å²) < 4.78 is 12.9. The maximum absolute atomic E-state index is 5.82. The van der Waals surface area contributed by atoms with Gasteiger partial charge in [-0.2, -0.15) is 5.10 Å². The average Bonchev–Trinajstić information content (AvgIpc) is 2.97. The number of para-hydroxylation sites is 2. The van der Waals surface area contributed by atoms with Crippen molar-refractivity contribution < 1.29 is 9.47 Å². The second kappa shape index (κ2) is 5.71. The zero-order chi connectivity index (χ0) is 14.7. The molecule has 106 valence electrons. The lowest BCUT2D eigenvalue weighted by Crippen LogP contribution is -1.93. The maximum atomic E-state index is 5.82. The zero-order valence-electron chi connectivity index (χ0n) is 12.0. The minimum absolute atomic E-state index is 0.667. The molecule has 0 atom stereocenters. The van der Waals surface area contributed by atoms with Crippen LogP contribution in [0.5, 0.6) is 17.2 Å². The Labute approximate surface area is 123 Å². The quantitative estimate of drug-likeness (QED) is 0.725. The topological polar surface area (TPSA) is 36.3 Å². The van der Waals surface area contributed by atoms with Gasteiger partial charge in [0, 0.05) is 0 Å². The SMILES string of the molecule is COc1ccccc1Oc1cnn(-c2ccc(C)cc2)c1. The largest absolute Gasteiger partial charge is 0.493 e. The summed E-state index contributed by atoms with van der Waals surface area (Å²) in [5.74, 6) is 2.03. The maximum Gasteiger partial charge on any atom is 0.169 e. The van der Waals surface area contributed by atoms with Crippen LogP contribution >= 0.6 is 0 Å². The molecule has 21 heavy (non-hydrogen) atoms. The van der Waals surface area contributed by atoms with Crippen molar-refractivity contribution in [2.24, 2.45) is 0 Å². The summed E-state index contributed by atoms with van der Waals surface area (Å²) in [6.45, 7) is 2.06. The standard InChI is InChI=1S/C17H16N2O2/c1-13-7-9-14(10-8-13)19-12-15(11-18-19)21-17-6-4-3-5-16(17)20-2/h3-12H,1-2H3. The number of ether oxygens (including phenoxy) is 2. The van der Waals surface area contributed by atoms with E-state index in [1.54, 1.807) is 18.0 Å². The molecule has 0 amide bonds. The van der Waals surface area contributed by atoms with Crippen LogP contribution in [-0.4, -0.2) is 16.9 Å². The molecule has 0 fully saturated rings. The number of aromatic nitrogens is 2. The number of rotatable bonds is 4. The van der Waals surface area contributed by atoms with E-state index in [0.717, 1.165) is 5.69 Å². The van der Waals surface area contributed by atoms with E-state index in [9.17, 15) is 0 Å². The Kier molecular flexibility index (Phi) is 3.60. The van der Waals surface area contributed by atoms with E-state index < -0.39 is 0 Å². The molecular formula is C17H16N2O2. The van der Waals surface area contributed by atoms with E-state index in [2.05, 4.69) is 24.2 Å². The number of benzene rings is 2. The Morgan fingerprint density at radius 1 is 0.952 bits per heavy atom. The highest BCUT2D eigenvalue weighted by Crippen LogP contribution is 2.30. The lowest BCUT2D eigenvalue weighted by molar-refractivity contribution is 0.379. The summed E-state index contributed by atoms with van der Waals surface area (Å²) in [4.78, 5) is 0. The number of hydrogen-bond acceptors (Lipinski definition) is 3. The first-order chi connectivity index (χ1) is 10.3. The third-order valence-corrected chi connectivity index (χ3v) is 3.15. The van der Waals surface area contributed by atoms with Crippen LogP contribution in [-0.2, 0) is 0 Å². The van der Waals surface area contributed by atoms with Gasteiger partial charge in [-0.05, 0) is 31.2 Å². The van der Waals surface area contributed by atoms with Crippen molar-refractivity contribution in [3.63, 3.8) is 0 Å². The van der Waals surface area contributed by atoms with Crippen LogP contribution in [0.3, 0.4) is 0 Å². The zero-order valence-corrected chi connectivity index (χ0v) is 12.0. The van der Waals surface area contributed by atoms with Gasteiger partial charge in [0.15, 0.2) is 17.2 Å². The second-order valence-electron chi connectivity index (χ2n) is 4.71. The molecule has 0 saturated carbocycles. The number of aryl methyl sites for hydroxylation is 1. The van der Waals surface area contributed by atoms with Crippen LogP contribution in [0, 0.1) is 6.92 Å². The van der Waals surface area contributed by atoms with Crippen LogP contribution in [0.25, 0.3) is 5.69 Å². The minimum Gasteiger partial charge on any atom is -0.493 e. The van der Waals surface area contributed by atoms with Gasteiger partial charge in [0.2, 0.25) is 0 Å². The molecule has 0 aliphatic rings. The third-order valence-electron chi connectivity index (χ3n) is 3.15. The predicted molar refractivity (Wildman–Crippen MR) is 81.4 cm³/mol. The first kappa shape index (κ1) is 13.2. The molecule has 4 heteroatoms. The molecule has 2 aromatic carbocycles. The summed E-state index contributed by atoms with van der Waals surface area (Å²) in [7, 11) is 1.62. The fourth-order valence-electron chi connectivity index (χ4n) is 2.03. The highest BCUT2D eigenvalue weighted by molar-refractivity contribution is 5.42. The van der Waals surface area contributed by atoms with E-state index in [1.807, 2.05) is 42.6 Å². The monoisotopic (exact) mass is 280 g/mol. The van der Waals surface area contributed by atoms with Crippen LogP contribution in [0.15, 0.2) is 60.9 Å². The van der Waals surface area contributed by atoms with Gasteiger partial charge in [0.25, 0.3) is 0 Å². The number of hydrogen-bond donors (Lipinski definition) is 0. The van der Waals surface area contributed by atoms with Crippen LogP contribution in [0.4, 0.5) is 0 Å². The first-order valence-electron chi connectivity index (χ1n) is 6.69. The van der Waals surface area contributed by atoms with Gasteiger partial charge in [0.05, 0.1) is 25.2 Å². The van der Waals surface area contributed by atoms with Crippen LogP contribution in [0.1, 0.15) is 5.56 Å². The van der Waals surface area contributed by atoms with Crippen LogP contribution in [0.2, 0.25) is 0 Å². The lowest BCUT2D eigenvalue weighted by Gasteiger charge is -2.07. The van der Waals surface area contributed by atoms with Gasteiger partial charge < -0.3 is 9.47 Å². The number of nitrogens with zero attached hydrogens (tertiary/aromatic N) is 2. The molecule has 3 aromatic rings. The summed E-state index contributed by atoms with van der Waals surface area (Å²) in [5, 5.41) is 4.32. The molecule has 1 aromatic heterocycles. The normalized spacial score (nSPS) is 10.4. The van der Waals surface area contributed by atoms with Gasteiger partial charge in [-0.3, -0.25) is 0 Å². The van der Waals surface area contributed by atoms with Gasteiger partial charge in [-0.15, -0.1) is 0 Å². The molecule has 0 bridgehead atoms. The summed E-state index contributed by atoms with van der Waals surface area (Å²) in [5.41, 5.74) is 2.21. The molecule has 0 aliphatic carbocycles. The van der Waals surface area contributed by atoms with E-state index in [0.29, 0.717) is 17.2 Å². The minimum atomic E-state index is 0.667. The van der Waals surface area contributed by atoms with Crippen molar-refractivity contribution in [3.8, 4) is 22.9 Å². The average molecular weight is 280 g/mol. The predicted octanol–water partition coefficient (Wildman–Crippen LogP) is 3.98. The Balaban J connectivity index is 1.83. The van der Waals surface area contributed by atoms with Crippen molar-refractivity contribution in [1.82, 2.24) is 9.78 Å². The van der Waals surface area contributed by atoms with E-state index >= 15 is 0 Å². The summed E-state index contributed by atoms with van der Waals surface area (Å²) in [6, 6.07) is 15.7. The Morgan fingerprint density at radius 3 is 2.38 bits per heavy atom. The van der Waals surface area contributed by atoms with E-state index in [-0.39, 0.29) is 0 Å². The lowest BCUT2D eigenvalue weighted by atomic mass is 10.2. The molecular weight excluding hydrogens is 264 g/mol. The molecule has 0 N–H and O–H groups in total. The summed E-state index contributed by atoms with van der Waals surface area (Å²) >= 11 is 0. The molecule has 3 rings (SSSR count). The Hall–Kier alpha value is -2.75. The van der Waals surface area contributed by atoms with Gasteiger partial charge in [-0.1, -0.05) is 29.8 Å². The molecule has 0 spiro atoms. The highest BCUT2D eigenvalue weighted by atomic mass is 16.5. The fourth-order valence-corrected chi connectivity index (χ4v) is 2.03. The van der Waals surface area contributed by atoms with E-state index in [4.69, 9.17) is 9.47 Å². The van der Waals surface area contributed by atoms with E-state index in [1.165, 1.54) is 5.56 Å². The molecule has 0 saturated heterocycles. The second-order valence-corrected chi connectivity index (χ2v) is 4.71. The van der Waals surface area contributed by atoms with Gasteiger partial charge in [0.1, 0.15) is 0 Å². The van der Waals surface area contributed by atoms with Gasteiger partial charge in [-0.25, -0.2) is 4.68 Å². The Bertz CT molecular complexity index is 733. The Morgan fingerprint density at radius 2 is 1.67 bits per heavy atom. The van der Waals surface area contributed by atoms with Gasteiger partial charge >= 0.3 is 0 Å². The van der Waals surface area contributed by atoms with Crippen molar-refractivity contribution in [2.45, 2.75) is 6.92 Å². The molecule has 1 heterocycles. The molecule has 0 unspecified atom stereocenters. The fraction of sp³-hybridized carbons (Fsp3) is 0.118. The van der Waals surface area contributed by atoms with Crippen molar-refractivity contribution in [1.29, 1.82) is 0 Å². The van der Waals surface area contributed by atoms with Crippen molar-refractivity contribution >= 4 is 0 Å². The highest BCUT2D eigenvalue weighted by Gasteiger charge is 2.07. The number of methoxy groups -OCH3 is 1. The smallest absolute Gasteiger partial charge is 0.169 e. The van der Waals surface area contributed by atoms with Crippen molar-refractivity contribution in [3.05, 3.63) is 66.5 Å². The summed E-state index contributed by atoms with van der Waals surface area (Å²) in [6.07, 6.45) is 3.53. The van der Waals surface area contributed by atoms with Crippen LogP contribution < -0.4 is 9.47 Å². The molecule has 0 aliphatic heterocycles. The third kappa shape index (κ3) is 2.89.